The Morgan fingerprint density at radius 1 is 1.47 bits per heavy atom. The van der Waals surface area contributed by atoms with Crippen molar-refractivity contribution in [2.45, 2.75) is 31.9 Å². The van der Waals surface area contributed by atoms with Crippen molar-refractivity contribution in [3.05, 3.63) is 15.6 Å². The number of hydrogen-bond donors (Lipinski definition) is 1. The van der Waals surface area contributed by atoms with E-state index in [9.17, 15) is 13.2 Å². The average Bonchev–Trinajstić information content (AvgIpc) is 2.44. The standard InChI is InChI=1S/C10H15NO4S2/c1-3-4-7-8(5-10(12)13)16-9(11-7)6-17(2,14)15/h3-6H2,1-2H3,(H,12,13). The molecule has 0 atom stereocenters. The van der Waals surface area contributed by atoms with Crippen LogP contribution in [-0.2, 0) is 33.2 Å². The molecule has 0 amide bonds. The van der Waals surface area contributed by atoms with E-state index in [4.69, 9.17) is 5.11 Å². The van der Waals surface area contributed by atoms with Crippen LogP contribution in [0.15, 0.2) is 0 Å². The van der Waals surface area contributed by atoms with Gasteiger partial charge in [0.05, 0.1) is 12.1 Å². The van der Waals surface area contributed by atoms with Crippen LogP contribution < -0.4 is 0 Å². The van der Waals surface area contributed by atoms with Gasteiger partial charge in [-0.05, 0) is 6.42 Å². The van der Waals surface area contributed by atoms with Crippen molar-refractivity contribution in [2.75, 3.05) is 6.26 Å². The van der Waals surface area contributed by atoms with Gasteiger partial charge in [-0.3, -0.25) is 4.79 Å². The van der Waals surface area contributed by atoms with Gasteiger partial charge in [-0.15, -0.1) is 11.3 Å². The monoisotopic (exact) mass is 277 g/mol. The van der Waals surface area contributed by atoms with Gasteiger partial charge in [0.2, 0.25) is 0 Å². The molecule has 1 heterocycles. The average molecular weight is 277 g/mol. The first-order valence-electron chi connectivity index (χ1n) is 5.18. The van der Waals surface area contributed by atoms with Crippen molar-refractivity contribution >= 4 is 27.1 Å². The molecule has 0 aliphatic heterocycles. The molecule has 7 heteroatoms. The van der Waals surface area contributed by atoms with Crippen LogP contribution in [0.5, 0.6) is 0 Å². The molecule has 0 bridgehead atoms. The van der Waals surface area contributed by atoms with Gasteiger partial charge in [-0.1, -0.05) is 13.3 Å². The van der Waals surface area contributed by atoms with Crippen LogP contribution >= 0.6 is 11.3 Å². The zero-order valence-corrected chi connectivity index (χ0v) is 11.4. The Bertz CT molecular complexity index is 504. The highest BCUT2D eigenvalue weighted by molar-refractivity contribution is 7.90. The third kappa shape index (κ3) is 4.82. The minimum absolute atomic E-state index is 0.0865. The first-order chi connectivity index (χ1) is 7.81. The summed E-state index contributed by atoms with van der Waals surface area (Å²) in [5.74, 6) is -1.04. The normalized spacial score (nSPS) is 11.6. The van der Waals surface area contributed by atoms with Crippen molar-refractivity contribution in [3.63, 3.8) is 0 Å². The fraction of sp³-hybridized carbons (Fsp3) is 0.600. The lowest BCUT2D eigenvalue weighted by Crippen LogP contribution is -2.01. The van der Waals surface area contributed by atoms with Crippen LogP contribution in [0.4, 0.5) is 0 Å². The highest BCUT2D eigenvalue weighted by Gasteiger charge is 2.16. The van der Waals surface area contributed by atoms with Gasteiger partial charge in [-0.2, -0.15) is 0 Å². The van der Waals surface area contributed by atoms with Crippen molar-refractivity contribution in [1.29, 1.82) is 0 Å². The Hall–Kier alpha value is -0.950. The number of aryl methyl sites for hydroxylation is 1. The number of sulfone groups is 1. The molecular formula is C10H15NO4S2. The summed E-state index contributed by atoms with van der Waals surface area (Å²) in [5, 5.41) is 9.24. The minimum Gasteiger partial charge on any atom is -0.481 e. The molecule has 0 aliphatic rings. The maximum Gasteiger partial charge on any atom is 0.308 e. The van der Waals surface area contributed by atoms with E-state index < -0.39 is 15.8 Å². The molecule has 17 heavy (non-hydrogen) atoms. The molecule has 0 saturated heterocycles. The molecule has 0 spiro atoms. The van der Waals surface area contributed by atoms with Gasteiger partial charge in [0.1, 0.15) is 10.8 Å². The molecular weight excluding hydrogens is 262 g/mol. The summed E-state index contributed by atoms with van der Waals surface area (Å²) in [7, 11) is -3.12. The Balaban J connectivity index is 2.98. The molecule has 0 aliphatic carbocycles. The second kappa shape index (κ2) is 5.59. The molecule has 0 radical (unpaired) electrons. The quantitative estimate of drug-likeness (QED) is 0.846. The third-order valence-electron chi connectivity index (χ3n) is 2.01. The van der Waals surface area contributed by atoms with Crippen molar-refractivity contribution < 1.29 is 18.3 Å². The summed E-state index contributed by atoms with van der Waals surface area (Å²) in [5.41, 5.74) is 0.721. The van der Waals surface area contributed by atoms with E-state index in [2.05, 4.69) is 4.98 Å². The number of aliphatic carboxylic acids is 1. The van der Waals surface area contributed by atoms with Crippen molar-refractivity contribution in [2.24, 2.45) is 0 Å². The molecule has 1 aromatic heterocycles. The van der Waals surface area contributed by atoms with E-state index in [0.29, 0.717) is 16.3 Å². The van der Waals surface area contributed by atoms with Crippen molar-refractivity contribution in [1.82, 2.24) is 4.98 Å². The maximum atomic E-state index is 11.2. The maximum absolute atomic E-state index is 11.2. The second-order valence-electron chi connectivity index (χ2n) is 3.87. The van der Waals surface area contributed by atoms with E-state index in [1.807, 2.05) is 6.92 Å². The highest BCUT2D eigenvalue weighted by Crippen LogP contribution is 2.22. The number of hydrogen-bond acceptors (Lipinski definition) is 5. The van der Waals surface area contributed by atoms with Crippen LogP contribution in [0.25, 0.3) is 0 Å². The molecule has 96 valence electrons. The highest BCUT2D eigenvalue weighted by atomic mass is 32.2. The number of rotatable bonds is 6. The number of carboxylic acid groups (broad SMARTS) is 1. The molecule has 5 nitrogen and oxygen atoms in total. The summed E-state index contributed by atoms with van der Waals surface area (Å²) in [6.07, 6.45) is 2.60. The lowest BCUT2D eigenvalue weighted by Gasteiger charge is -1.95. The predicted octanol–water partition coefficient (Wildman–Crippen LogP) is 1.27. The minimum atomic E-state index is -3.12. The van der Waals surface area contributed by atoms with E-state index >= 15 is 0 Å². The van der Waals surface area contributed by atoms with E-state index in [1.165, 1.54) is 11.3 Å². The van der Waals surface area contributed by atoms with Crippen LogP contribution in [-0.4, -0.2) is 30.7 Å². The van der Waals surface area contributed by atoms with E-state index in [-0.39, 0.29) is 12.2 Å². The molecule has 1 rings (SSSR count). The lowest BCUT2D eigenvalue weighted by atomic mass is 10.2. The summed E-state index contributed by atoms with van der Waals surface area (Å²) in [4.78, 5) is 15.6. The van der Waals surface area contributed by atoms with Crippen molar-refractivity contribution in [3.8, 4) is 0 Å². The molecule has 0 unspecified atom stereocenters. The first-order valence-corrected chi connectivity index (χ1v) is 8.06. The smallest absolute Gasteiger partial charge is 0.308 e. The Labute approximate surface area is 104 Å². The van der Waals surface area contributed by atoms with Crippen LogP contribution in [0, 0.1) is 0 Å². The Morgan fingerprint density at radius 2 is 2.12 bits per heavy atom. The van der Waals surface area contributed by atoms with Gasteiger partial charge in [0, 0.05) is 11.1 Å². The Kier molecular flexibility index (Phi) is 4.64. The molecule has 0 fully saturated rings. The molecule has 1 aromatic rings. The van der Waals surface area contributed by atoms with Crippen LogP contribution in [0.3, 0.4) is 0 Å². The summed E-state index contributed by atoms with van der Waals surface area (Å²) >= 11 is 1.18. The zero-order chi connectivity index (χ0) is 13.1. The fourth-order valence-electron chi connectivity index (χ4n) is 1.43. The summed E-state index contributed by atoms with van der Waals surface area (Å²) < 4.78 is 22.3. The number of thiazole rings is 1. The number of nitrogens with zero attached hydrogens (tertiary/aromatic N) is 1. The van der Waals surface area contributed by atoms with Crippen LogP contribution in [0.1, 0.15) is 28.9 Å². The fourth-order valence-corrected chi connectivity index (χ4v) is 3.72. The van der Waals surface area contributed by atoms with Gasteiger partial charge >= 0.3 is 5.97 Å². The van der Waals surface area contributed by atoms with E-state index in [0.717, 1.165) is 18.4 Å². The second-order valence-corrected chi connectivity index (χ2v) is 7.18. The lowest BCUT2D eigenvalue weighted by molar-refractivity contribution is -0.136. The van der Waals surface area contributed by atoms with Gasteiger partial charge in [-0.25, -0.2) is 13.4 Å². The predicted molar refractivity (Wildman–Crippen MR) is 66.0 cm³/mol. The van der Waals surface area contributed by atoms with E-state index in [1.54, 1.807) is 0 Å². The number of aromatic nitrogens is 1. The summed E-state index contributed by atoms with van der Waals surface area (Å²) in [6, 6.07) is 0. The largest absolute Gasteiger partial charge is 0.481 e. The molecule has 1 N–H and O–H groups in total. The number of carboxylic acids is 1. The number of carbonyl (C=O) groups is 1. The van der Waals surface area contributed by atoms with Gasteiger partial charge < -0.3 is 5.11 Å². The summed E-state index contributed by atoms with van der Waals surface area (Å²) in [6.45, 7) is 1.97. The van der Waals surface area contributed by atoms with Crippen LogP contribution in [0.2, 0.25) is 0 Å². The molecule has 0 saturated carbocycles. The van der Waals surface area contributed by atoms with Gasteiger partial charge in [0.25, 0.3) is 0 Å². The SMILES string of the molecule is CCCc1nc(CS(C)(=O)=O)sc1CC(=O)O. The zero-order valence-electron chi connectivity index (χ0n) is 9.76. The molecule has 0 aromatic carbocycles. The topological polar surface area (TPSA) is 84.3 Å². The third-order valence-corrected chi connectivity index (χ3v) is 4.08. The van der Waals surface area contributed by atoms with Gasteiger partial charge in [0.15, 0.2) is 9.84 Å². The Morgan fingerprint density at radius 3 is 2.59 bits per heavy atom. The first kappa shape index (κ1) is 14.1.